The van der Waals surface area contributed by atoms with Crippen molar-refractivity contribution in [3.8, 4) is 22.5 Å². The first-order valence-electron chi connectivity index (χ1n) is 34.2. The van der Waals surface area contributed by atoms with Crippen molar-refractivity contribution in [3.63, 3.8) is 0 Å². The summed E-state index contributed by atoms with van der Waals surface area (Å²) in [6.45, 7) is -0.243. The predicted molar refractivity (Wildman–Crippen MR) is 411 cm³/mol. The van der Waals surface area contributed by atoms with Gasteiger partial charge >= 0.3 is 0 Å². The lowest BCUT2D eigenvalue weighted by Gasteiger charge is -2.45. The molecule has 8 heterocycles. The van der Waals surface area contributed by atoms with Gasteiger partial charge in [0, 0.05) is 93.3 Å². The average molecular weight is 1240 g/mol. The standard InChI is InChI=1S/C91H53BN6/c1-3-31-62-54(23-1)55-24-2-4-32-63(55)88(62)68-33-11-18-44-79(68)95-84-51-82-69(66-36-21-34-64-60-29-9-16-42-77(60)97(82)90(64)66)49-71(84)92-72-50-70-67-37-22-35-65-61-30-10-17-43-78(61)98(91(65)67)83(70)52-85(72)96(81-46-20-19-45-80(81)94-75-40-14-7-27-58(75)59-28-8-15-41-76(59)94)87-48-53(47-86(95)89(87)92)93-73-38-12-5-25-56(73)57-26-6-13-39-74(57)93/h1-52,88H. The van der Waals surface area contributed by atoms with Gasteiger partial charge in [-0.2, -0.15) is 0 Å². The van der Waals surface area contributed by atoms with Gasteiger partial charge in [0.2, 0.25) is 0 Å². The smallest absolute Gasteiger partial charge is 0.252 e. The molecule has 0 atom stereocenters. The van der Waals surface area contributed by atoms with E-state index < -0.39 is 0 Å². The van der Waals surface area contributed by atoms with Gasteiger partial charge in [0.15, 0.2) is 0 Å². The molecule has 0 radical (unpaired) electrons. The number of hydrogen-bond acceptors (Lipinski definition) is 2. The number of benzene rings is 15. The summed E-state index contributed by atoms with van der Waals surface area (Å²) in [5.41, 5.74) is 31.3. The minimum absolute atomic E-state index is 0.0441. The molecule has 0 N–H and O–H groups in total. The SMILES string of the molecule is c1ccc2c(c1)-c1ccccc1C2c1ccccc1N1c2cc3c(cc2B2c4cc5c6cccc7c8ccccc8n(c5cc4N(c4ccccc4-n4c5ccccc5c5ccccc54)c4cc(-n5c8ccccc8c8ccccc85)cc1c42)c76)c1cccc2c4ccccc4n3c21. The molecule has 6 aromatic heterocycles. The molecule has 6 nitrogen and oxygen atoms in total. The summed E-state index contributed by atoms with van der Waals surface area (Å²) in [6.07, 6.45) is 0. The largest absolute Gasteiger partial charge is 0.311 e. The second kappa shape index (κ2) is 18.5. The molecule has 2 aliphatic heterocycles. The first kappa shape index (κ1) is 51.6. The van der Waals surface area contributed by atoms with Crippen molar-refractivity contribution < 1.29 is 0 Å². The topological polar surface area (TPSA) is 25.2 Å². The van der Waals surface area contributed by atoms with Crippen LogP contribution in [0.15, 0.2) is 315 Å². The second-order valence-corrected chi connectivity index (χ2v) is 27.4. The zero-order valence-electron chi connectivity index (χ0n) is 52.9. The molecule has 0 spiro atoms. The number of para-hydroxylation sites is 11. The zero-order chi connectivity index (χ0) is 63.3. The molecule has 1 aliphatic carbocycles. The van der Waals surface area contributed by atoms with Crippen LogP contribution in [-0.4, -0.2) is 24.6 Å². The number of hydrogen-bond donors (Lipinski definition) is 0. The summed E-state index contributed by atoms with van der Waals surface area (Å²) in [4.78, 5) is 5.42. The third kappa shape index (κ3) is 6.36. The van der Waals surface area contributed by atoms with Crippen LogP contribution in [-0.2, 0) is 0 Å². The highest BCUT2D eigenvalue weighted by molar-refractivity contribution is 7.00. The Morgan fingerprint density at radius 1 is 0.224 bits per heavy atom. The first-order valence-corrected chi connectivity index (χ1v) is 34.2. The number of rotatable bonds is 5. The molecule has 7 heteroatoms. The van der Waals surface area contributed by atoms with Crippen molar-refractivity contribution in [2.75, 3.05) is 9.80 Å². The molecule has 98 heavy (non-hydrogen) atoms. The van der Waals surface area contributed by atoms with Crippen molar-refractivity contribution >= 4 is 177 Å². The van der Waals surface area contributed by atoms with Crippen molar-refractivity contribution in [1.29, 1.82) is 0 Å². The number of fused-ring (bicyclic) bond motifs is 25. The van der Waals surface area contributed by atoms with E-state index in [1.807, 2.05) is 0 Å². The lowest BCUT2D eigenvalue weighted by molar-refractivity contribution is 1.01. The van der Waals surface area contributed by atoms with Crippen LogP contribution in [0.4, 0.5) is 34.1 Å². The summed E-state index contributed by atoms with van der Waals surface area (Å²) in [5.74, 6) is -0.0441. The fraction of sp³-hybridized carbons (Fsp3) is 0.0110. The van der Waals surface area contributed by atoms with Gasteiger partial charge in [-0.05, 0) is 123 Å². The Hall–Kier alpha value is -12.8. The van der Waals surface area contributed by atoms with E-state index in [1.165, 1.54) is 148 Å². The van der Waals surface area contributed by atoms with Crippen molar-refractivity contribution in [2.45, 2.75) is 5.92 Å². The summed E-state index contributed by atoms with van der Waals surface area (Å²) < 4.78 is 10.2. The predicted octanol–water partition coefficient (Wildman–Crippen LogP) is 21.4. The molecule has 0 fully saturated rings. The molecule has 450 valence electrons. The monoisotopic (exact) mass is 1240 g/mol. The Morgan fingerprint density at radius 3 is 1.05 bits per heavy atom. The summed E-state index contributed by atoms with van der Waals surface area (Å²) in [5, 5.41) is 15.0. The number of nitrogens with zero attached hydrogens (tertiary/aromatic N) is 6. The Morgan fingerprint density at radius 2 is 0.571 bits per heavy atom. The molecule has 3 aliphatic rings. The maximum Gasteiger partial charge on any atom is 0.252 e. The van der Waals surface area contributed by atoms with E-state index in [2.05, 4.69) is 343 Å². The van der Waals surface area contributed by atoms with Gasteiger partial charge in [0.25, 0.3) is 6.71 Å². The van der Waals surface area contributed by atoms with Crippen LogP contribution in [0.3, 0.4) is 0 Å². The molecule has 0 unspecified atom stereocenters. The molecule has 21 aromatic rings. The lowest BCUT2D eigenvalue weighted by atomic mass is 9.33. The Bertz CT molecular complexity index is 6970. The second-order valence-electron chi connectivity index (χ2n) is 27.4. The molecule has 24 rings (SSSR count). The zero-order valence-corrected chi connectivity index (χ0v) is 52.9. The van der Waals surface area contributed by atoms with Crippen molar-refractivity contribution in [2.24, 2.45) is 0 Å². The highest BCUT2D eigenvalue weighted by Crippen LogP contribution is 2.55. The molecule has 0 amide bonds. The third-order valence-electron chi connectivity index (χ3n) is 22.8. The highest BCUT2D eigenvalue weighted by Gasteiger charge is 2.47. The molecule has 0 saturated heterocycles. The first-order chi connectivity index (χ1) is 48.7. The van der Waals surface area contributed by atoms with Gasteiger partial charge in [-0.3, -0.25) is 0 Å². The highest BCUT2D eigenvalue weighted by atomic mass is 15.2. The van der Waals surface area contributed by atoms with Gasteiger partial charge in [-0.15, -0.1) is 0 Å². The van der Waals surface area contributed by atoms with E-state index in [0.29, 0.717) is 0 Å². The number of anilines is 6. The van der Waals surface area contributed by atoms with Crippen LogP contribution in [0, 0.1) is 0 Å². The maximum atomic E-state index is 2.72. The normalized spacial score (nSPS) is 13.6. The molecule has 15 aromatic carbocycles. The summed E-state index contributed by atoms with van der Waals surface area (Å²) >= 11 is 0. The van der Waals surface area contributed by atoms with E-state index in [-0.39, 0.29) is 12.6 Å². The molecular formula is C91H53BN6. The van der Waals surface area contributed by atoms with E-state index in [4.69, 9.17) is 0 Å². The minimum atomic E-state index is -0.243. The lowest BCUT2D eigenvalue weighted by Crippen LogP contribution is -2.61. The Balaban J connectivity index is 0.904. The average Bonchev–Trinajstić information content (AvgIpc) is 1.28. The van der Waals surface area contributed by atoms with Crippen molar-refractivity contribution in [1.82, 2.24) is 17.9 Å². The van der Waals surface area contributed by atoms with Crippen LogP contribution in [0.5, 0.6) is 0 Å². The fourth-order valence-electron chi connectivity index (χ4n) is 19.1. The Kier molecular flexibility index (Phi) is 9.76. The maximum absolute atomic E-state index is 2.72. The van der Waals surface area contributed by atoms with E-state index in [0.717, 1.165) is 61.9 Å². The van der Waals surface area contributed by atoms with E-state index >= 15 is 0 Å². The quantitative estimate of drug-likeness (QED) is 0.161. The van der Waals surface area contributed by atoms with Crippen molar-refractivity contribution in [3.05, 3.63) is 332 Å². The van der Waals surface area contributed by atoms with Gasteiger partial charge in [0.05, 0.1) is 77.9 Å². The fourth-order valence-corrected chi connectivity index (χ4v) is 19.1. The molecule has 0 saturated carbocycles. The third-order valence-corrected chi connectivity index (χ3v) is 22.8. The van der Waals surface area contributed by atoms with Crippen LogP contribution in [0.1, 0.15) is 22.6 Å². The van der Waals surface area contributed by atoms with Gasteiger partial charge < -0.3 is 27.7 Å². The molecular weight excluding hydrogens is 1190 g/mol. The van der Waals surface area contributed by atoms with Gasteiger partial charge in [0.1, 0.15) is 0 Å². The van der Waals surface area contributed by atoms with Crippen LogP contribution < -0.4 is 26.2 Å². The summed E-state index contributed by atoms with van der Waals surface area (Å²) in [7, 11) is 0. The molecule has 0 bridgehead atoms. The minimum Gasteiger partial charge on any atom is -0.311 e. The van der Waals surface area contributed by atoms with Crippen LogP contribution in [0.2, 0.25) is 0 Å². The van der Waals surface area contributed by atoms with Crippen LogP contribution >= 0.6 is 0 Å². The number of aromatic nitrogens is 4. The van der Waals surface area contributed by atoms with E-state index in [1.54, 1.807) is 0 Å². The van der Waals surface area contributed by atoms with E-state index in [9.17, 15) is 0 Å². The summed E-state index contributed by atoms with van der Waals surface area (Å²) in [6, 6.07) is 120. The van der Waals surface area contributed by atoms with Gasteiger partial charge in [-0.25, -0.2) is 0 Å². The Labute approximate surface area is 561 Å². The van der Waals surface area contributed by atoms with Crippen LogP contribution in [0.25, 0.3) is 142 Å². The van der Waals surface area contributed by atoms with Gasteiger partial charge in [-0.1, -0.05) is 237 Å².